The first-order valence-electron chi connectivity index (χ1n) is 5.17. The third-order valence-corrected chi connectivity index (χ3v) is 4.58. The molecule has 1 rings (SSSR count). The fraction of sp³-hybridized carbons (Fsp3) is 0.545. The molecule has 0 unspecified atom stereocenters. The second kappa shape index (κ2) is 6.96. The predicted molar refractivity (Wildman–Crippen MR) is 81.6 cm³/mol. The lowest BCUT2D eigenvalue weighted by Crippen LogP contribution is -2.37. The Labute approximate surface area is 123 Å². The predicted octanol–water partition coefficient (Wildman–Crippen LogP) is 3.99. The zero-order valence-electron chi connectivity index (χ0n) is 9.37. The van der Waals surface area contributed by atoms with E-state index in [0.29, 0.717) is 0 Å². The normalized spacial score (nSPS) is 10.8. The van der Waals surface area contributed by atoms with Crippen molar-refractivity contribution in [3.05, 3.63) is 19.9 Å². The Bertz CT molecular complexity index is 354. The van der Waals surface area contributed by atoms with Gasteiger partial charge in [0.1, 0.15) is 0 Å². The molecular formula is C11H15BrINOS. The van der Waals surface area contributed by atoms with Crippen molar-refractivity contribution in [1.82, 2.24) is 4.90 Å². The van der Waals surface area contributed by atoms with Crippen molar-refractivity contribution < 1.29 is 4.79 Å². The summed E-state index contributed by atoms with van der Waals surface area (Å²) in [6, 6.07) is 2.21. The molecule has 0 aliphatic rings. The van der Waals surface area contributed by atoms with Crippen LogP contribution >= 0.6 is 49.9 Å². The van der Waals surface area contributed by atoms with Crippen LogP contribution in [0.4, 0.5) is 0 Å². The lowest BCUT2D eigenvalue weighted by Gasteiger charge is -2.26. The van der Waals surface area contributed by atoms with Crippen molar-refractivity contribution in [1.29, 1.82) is 0 Å². The molecule has 5 heteroatoms. The van der Waals surface area contributed by atoms with E-state index in [4.69, 9.17) is 0 Å². The van der Waals surface area contributed by atoms with Gasteiger partial charge in [0, 0.05) is 23.3 Å². The van der Waals surface area contributed by atoms with Gasteiger partial charge >= 0.3 is 0 Å². The smallest absolute Gasteiger partial charge is 0.254 e. The van der Waals surface area contributed by atoms with Crippen LogP contribution in [-0.4, -0.2) is 28.7 Å². The lowest BCUT2D eigenvalue weighted by molar-refractivity contribution is 0.0707. The number of alkyl halides is 1. The second-order valence-electron chi connectivity index (χ2n) is 3.77. The van der Waals surface area contributed by atoms with Gasteiger partial charge in [-0.05, 0) is 48.9 Å². The van der Waals surface area contributed by atoms with Gasteiger partial charge in [0.2, 0.25) is 0 Å². The summed E-state index contributed by atoms with van der Waals surface area (Å²) in [5.41, 5.74) is 0.817. The number of carbonyl (C=O) groups is 1. The van der Waals surface area contributed by atoms with Gasteiger partial charge in [0.05, 0.1) is 8.45 Å². The van der Waals surface area contributed by atoms with Crippen LogP contribution in [0.2, 0.25) is 0 Å². The van der Waals surface area contributed by atoms with Crippen LogP contribution in [-0.2, 0) is 0 Å². The molecule has 1 amide bonds. The summed E-state index contributed by atoms with van der Waals surface area (Å²) in [4.78, 5) is 14.1. The van der Waals surface area contributed by atoms with Gasteiger partial charge < -0.3 is 4.90 Å². The molecule has 90 valence electrons. The first kappa shape index (κ1) is 14.4. The van der Waals surface area contributed by atoms with E-state index >= 15 is 0 Å². The Hall–Kier alpha value is 0.380. The molecule has 0 aliphatic carbocycles. The van der Waals surface area contributed by atoms with E-state index < -0.39 is 0 Å². The number of rotatable bonds is 5. The highest BCUT2D eigenvalue weighted by Crippen LogP contribution is 2.19. The molecule has 0 radical (unpaired) electrons. The zero-order valence-corrected chi connectivity index (χ0v) is 13.9. The summed E-state index contributed by atoms with van der Waals surface area (Å²) in [5.74, 6) is 0.148. The SMILES string of the molecule is CC(C)N(CCCBr)C(=O)c1csc(I)c1. The van der Waals surface area contributed by atoms with Crippen LogP contribution in [0.15, 0.2) is 11.4 Å². The van der Waals surface area contributed by atoms with Crippen molar-refractivity contribution in [3.8, 4) is 0 Å². The highest BCUT2D eigenvalue weighted by Gasteiger charge is 2.18. The maximum Gasteiger partial charge on any atom is 0.254 e. The lowest BCUT2D eigenvalue weighted by atomic mass is 10.2. The number of hydrogen-bond donors (Lipinski definition) is 0. The molecule has 0 atom stereocenters. The molecule has 1 aromatic rings. The number of hydrogen-bond acceptors (Lipinski definition) is 2. The maximum atomic E-state index is 12.2. The van der Waals surface area contributed by atoms with Crippen molar-refractivity contribution in [2.75, 3.05) is 11.9 Å². The average Bonchev–Trinajstić information content (AvgIpc) is 2.64. The quantitative estimate of drug-likeness (QED) is 0.526. The monoisotopic (exact) mass is 415 g/mol. The number of nitrogens with zero attached hydrogens (tertiary/aromatic N) is 1. The summed E-state index contributed by atoms with van der Waals surface area (Å²) in [7, 11) is 0. The van der Waals surface area contributed by atoms with Gasteiger partial charge in [-0.25, -0.2) is 0 Å². The maximum absolute atomic E-state index is 12.2. The van der Waals surface area contributed by atoms with Gasteiger partial charge in [-0.3, -0.25) is 4.79 Å². The highest BCUT2D eigenvalue weighted by molar-refractivity contribution is 14.1. The standard InChI is InChI=1S/C11H15BrINOS/c1-8(2)14(5-3-4-12)11(15)9-6-10(13)16-7-9/h6-8H,3-5H2,1-2H3. The largest absolute Gasteiger partial charge is 0.336 e. The summed E-state index contributed by atoms with van der Waals surface area (Å²) >= 11 is 7.26. The first-order chi connectivity index (χ1) is 7.56. The van der Waals surface area contributed by atoms with E-state index in [9.17, 15) is 4.79 Å². The summed E-state index contributed by atoms with van der Waals surface area (Å²) in [6.07, 6.45) is 0.991. The van der Waals surface area contributed by atoms with Crippen LogP contribution in [0.1, 0.15) is 30.6 Å². The molecule has 1 heterocycles. The van der Waals surface area contributed by atoms with E-state index in [2.05, 4.69) is 52.4 Å². The molecule has 0 spiro atoms. The van der Waals surface area contributed by atoms with Gasteiger partial charge in [-0.1, -0.05) is 15.9 Å². The van der Waals surface area contributed by atoms with Crippen LogP contribution < -0.4 is 0 Å². The zero-order chi connectivity index (χ0) is 12.1. The third kappa shape index (κ3) is 4.00. The van der Waals surface area contributed by atoms with Gasteiger partial charge in [-0.15, -0.1) is 11.3 Å². The number of amides is 1. The third-order valence-electron chi connectivity index (χ3n) is 2.23. The minimum atomic E-state index is 0.148. The van der Waals surface area contributed by atoms with Crippen LogP contribution in [0.25, 0.3) is 0 Å². The van der Waals surface area contributed by atoms with Crippen molar-refractivity contribution >= 4 is 55.8 Å². The van der Waals surface area contributed by atoms with E-state index in [0.717, 1.165) is 26.7 Å². The van der Waals surface area contributed by atoms with Crippen LogP contribution in [0.5, 0.6) is 0 Å². The van der Waals surface area contributed by atoms with Gasteiger partial charge in [-0.2, -0.15) is 0 Å². The molecule has 0 saturated carbocycles. The Kier molecular flexibility index (Phi) is 6.28. The van der Waals surface area contributed by atoms with Gasteiger partial charge in [0.15, 0.2) is 0 Å². The molecule has 0 saturated heterocycles. The molecule has 0 aromatic carbocycles. The molecule has 0 fully saturated rings. The molecular weight excluding hydrogens is 401 g/mol. The second-order valence-corrected chi connectivity index (χ2v) is 7.37. The Morgan fingerprint density at radius 1 is 1.62 bits per heavy atom. The fourth-order valence-corrected chi connectivity index (χ4v) is 2.98. The van der Waals surface area contributed by atoms with E-state index in [1.54, 1.807) is 11.3 Å². The Morgan fingerprint density at radius 2 is 2.31 bits per heavy atom. The number of halogens is 2. The average molecular weight is 416 g/mol. The van der Waals surface area contributed by atoms with E-state index in [1.165, 1.54) is 0 Å². The number of carbonyl (C=O) groups excluding carboxylic acids is 1. The minimum absolute atomic E-state index is 0.148. The van der Waals surface area contributed by atoms with E-state index in [-0.39, 0.29) is 11.9 Å². The van der Waals surface area contributed by atoms with Crippen molar-refractivity contribution in [2.45, 2.75) is 26.3 Å². The fourth-order valence-electron chi connectivity index (χ4n) is 1.41. The Morgan fingerprint density at radius 3 is 2.75 bits per heavy atom. The first-order valence-corrected chi connectivity index (χ1v) is 8.25. The summed E-state index contributed by atoms with van der Waals surface area (Å²) < 4.78 is 1.16. The molecule has 1 aromatic heterocycles. The van der Waals surface area contributed by atoms with Crippen LogP contribution in [0, 0.1) is 2.88 Å². The van der Waals surface area contributed by atoms with Crippen molar-refractivity contribution in [3.63, 3.8) is 0 Å². The molecule has 2 nitrogen and oxygen atoms in total. The molecule has 0 aliphatic heterocycles. The Balaban J connectivity index is 2.74. The topological polar surface area (TPSA) is 20.3 Å². The van der Waals surface area contributed by atoms with Crippen molar-refractivity contribution in [2.24, 2.45) is 0 Å². The minimum Gasteiger partial charge on any atom is -0.336 e. The molecule has 0 bridgehead atoms. The highest BCUT2D eigenvalue weighted by atomic mass is 127. The van der Waals surface area contributed by atoms with Crippen LogP contribution in [0.3, 0.4) is 0 Å². The summed E-state index contributed by atoms with van der Waals surface area (Å²) in [5, 5.41) is 2.87. The van der Waals surface area contributed by atoms with Gasteiger partial charge in [0.25, 0.3) is 5.91 Å². The summed E-state index contributed by atoms with van der Waals surface area (Å²) in [6.45, 7) is 4.93. The number of thiophene rings is 1. The molecule has 0 N–H and O–H groups in total. The molecule has 16 heavy (non-hydrogen) atoms. The van der Waals surface area contributed by atoms with E-state index in [1.807, 2.05) is 16.3 Å².